The molecule has 1 saturated carbocycles. The van der Waals surface area contributed by atoms with Crippen LogP contribution in [0.3, 0.4) is 0 Å². The summed E-state index contributed by atoms with van der Waals surface area (Å²) in [6, 6.07) is 1.49. The number of phenols is 1. The van der Waals surface area contributed by atoms with E-state index in [1.54, 1.807) is 0 Å². The fraction of sp³-hybridized carbons (Fsp3) is 0.417. The molecular formula is C12H10FNO4. The second-order valence-electron chi connectivity index (χ2n) is 4.35. The van der Waals surface area contributed by atoms with Gasteiger partial charge in [0.15, 0.2) is 11.5 Å². The quantitative estimate of drug-likeness (QED) is 0.640. The van der Waals surface area contributed by atoms with E-state index in [-0.39, 0.29) is 23.7 Å². The second kappa shape index (κ2) is 3.71. The summed E-state index contributed by atoms with van der Waals surface area (Å²) >= 11 is 0. The van der Waals surface area contributed by atoms with E-state index in [9.17, 15) is 14.3 Å². The van der Waals surface area contributed by atoms with Gasteiger partial charge in [0, 0.05) is 5.56 Å². The van der Waals surface area contributed by atoms with E-state index in [4.69, 9.17) is 9.47 Å². The van der Waals surface area contributed by atoms with Gasteiger partial charge in [-0.3, -0.25) is 0 Å². The van der Waals surface area contributed by atoms with E-state index in [1.165, 1.54) is 12.1 Å². The Kier molecular flexibility index (Phi) is 2.28. The van der Waals surface area contributed by atoms with Gasteiger partial charge in [-0.1, -0.05) is 0 Å². The number of ether oxygens (including phenoxy) is 2. The number of aliphatic imine (C=N–C) groups is 1. The summed E-state index contributed by atoms with van der Waals surface area (Å²) in [7, 11) is 0. The first-order chi connectivity index (χ1) is 8.68. The van der Waals surface area contributed by atoms with E-state index < -0.39 is 17.1 Å². The minimum atomic E-state index is -0.866. The van der Waals surface area contributed by atoms with Gasteiger partial charge in [-0.25, -0.2) is 4.79 Å². The fourth-order valence-corrected chi connectivity index (χ4v) is 2.14. The summed E-state index contributed by atoms with van der Waals surface area (Å²) in [5.74, 6) is -1.25. The molecule has 5 nitrogen and oxygen atoms in total. The molecule has 1 fully saturated rings. The molecule has 1 aromatic rings. The molecule has 1 N–H and O–H groups in total. The molecule has 2 aliphatic rings. The lowest BCUT2D eigenvalue weighted by Gasteiger charge is -2.22. The van der Waals surface area contributed by atoms with E-state index in [2.05, 4.69) is 4.99 Å². The molecule has 18 heavy (non-hydrogen) atoms. The Hall–Kier alpha value is -2.07. The predicted molar refractivity (Wildman–Crippen MR) is 58.1 cm³/mol. The number of nitrogens with zero attached hydrogens (tertiary/aromatic N) is 1. The number of hydrogen-bond acceptors (Lipinski definition) is 5. The van der Waals surface area contributed by atoms with Crippen molar-refractivity contribution in [2.75, 3.05) is 13.2 Å². The summed E-state index contributed by atoms with van der Waals surface area (Å²) in [5, 5.41) is 9.86. The maximum atomic E-state index is 13.9. The molecule has 0 spiro atoms. The third kappa shape index (κ3) is 1.46. The van der Waals surface area contributed by atoms with Gasteiger partial charge in [-0.2, -0.15) is 9.38 Å². The maximum absolute atomic E-state index is 13.9. The minimum Gasteiger partial charge on any atom is -0.504 e. The van der Waals surface area contributed by atoms with Crippen LogP contribution in [0.5, 0.6) is 17.2 Å². The van der Waals surface area contributed by atoms with Crippen LogP contribution in [0.4, 0.5) is 4.39 Å². The number of fused-ring (bicyclic) bond motifs is 1. The van der Waals surface area contributed by atoms with Crippen LogP contribution in [0.1, 0.15) is 18.4 Å². The van der Waals surface area contributed by atoms with Crippen molar-refractivity contribution < 1.29 is 23.8 Å². The number of hydrogen-bond donors (Lipinski definition) is 1. The van der Waals surface area contributed by atoms with Gasteiger partial charge in [0.2, 0.25) is 17.6 Å². The Morgan fingerprint density at radius 3 is 2.78 bits per heavy atom. The highest BCUT2D eigenvalue weighted by Gasteiger charge is 2.48. The van der Waals surface area contributed by atoms with Crippen molar-refractivity contribution in [3.05, 3.63) is 17.4 Å². The Balaban J connectivity index is 2.16. The van der Waals surface area contributed by atoms with Crippen molar-refractivity contribution in [1.29, 1.82) is 0 Å². The smallest absolute Gasteiger partial charge is 0.235 e. The molecule has 6 heteroatoms. The average Bonchev–Trinajstić information content (AvgIpc) is 3.15. The van der Waals surface area contributed by atoms with Gasteiger partial charge in [0.05, 0.1) is 0 Å². The second-order valence-corrected chi connectivity index (χ2v) is 4.35. The van der Waals surface area contributed by atoms with E-state index in [0.717, 1.165) is 0 Å². The molecule has 94 valence electrons. The summed E-state index contributed by atoms with van der Waals surface area (Å²) in [5.41, 5.74) is -0.588. The average molecular weight is 251 g/mol. The van der Waals surface area contributed by atoms with Crippen LogP contribution in [0.25, 0.3) is 0 Å². The number of isocyanates is 1. The summed E-state index contributed by atoms with van der Waals surface area (Å²) in [6.07, 6.45) is 2.62. The Morgan fingerprint density at radius 2 is 2.11 bits per heavy atom. The molecule has 0 saturated heterocycles. The highest BCUT2D eigenvalue weighted by molar-refractivity contribution is 5.57. The Morgan fingerprint density at radius 1 is 1.39 bits per heavy atom. The van der Waals surface area contributed by atoms with Crippen LogP contribution in [-0.2, 0) is 10.3 Å². The summed E-state index contributed by atoms with van der Waals surface area (Å²) in [6.45, 7) is 0.556. The Labute approximate surface area is 102 Å². The highest BCUT2D eigenvalue weighted by Crippen LogP contribution is 2.55. The lowest BCUT2D eigenvalue weighted by Crippen LogP contribution is -2.17. The number of halogens is 1. The summed E-state index contributed by atoms with van der Waals surface area (Å²) < 4.78 is 24.3. The van der Waals surface area contributed by atoms with Gasteiger partial charge in [0.25, 0.3) is 0 Å². The largest absolute Gasteiger partial charge is 0.504 e. The van der Waals surface area contributed by atoms with Crippen LogP contribution in [-0.4, -0.2) is 24.4 Å². The lowest BCUT2D eigenvalue weighted by atomic mass is 10.0. The van der Waals surface area contributed by atoms with Crippen LogP contribution >= 0.6 is 0 Å². The topological polar surface area (TPSA) is 68.1 Å². The third-order valence-electron chi connectivity index (χ3n) is 3.23. The number of phenolic OH excluding ortho intramolecular Hbond substituents is 1. The SMILES string of the molecule is O=C=NC1(c2cc3c(c(F)c2O)OCCO3)CC1. The number of carbonyl (C=O) groups excluding carboxylic acids is 1. The monoisotopic (exact) mass is 251 g/mol. The van der Waals surface area contributed by atoms with Gasteiger partial charge in [-0.05, 0) is 18.9 Å². The van der Waals surface area contributed by atoms with E-state index in [0.29, 0.717) is 19.4 Å². The van der Waals surface area contributed by atoms with Crippen molar-refractivity contribution in [3.63, 3.8) is 0 Å². The van der Waals surface area contributed by atoms with Crippen molar-refractivity contribution in [3.8, 4) is 17.2 Å². The van der Waals surface area contributed by atoms with Crippen LogP contribution < -0.4 is 9.47 Å². The minimum absolute atomic E-state index is 0.0895. The van der Waals surface area contributed by atoms with Crippen molar-refractivity contribution >= 4 is 6.08 Å². The lowest BCUT2D eigenvalue weighted by molar-refractivity contribution is 0.162. The van der Waals surface area contributed by atoms with Gasteiger partial charge in [-0.15, -0.1) is 0 Å². The van der Waals surface area contributed by atoms with Gasteiger partial charge in [0.1, 0.15) is 18.8 Å². The molecule has 3 rings (SSSR count). The summed E-state index contributed by atoms with van der Waals surface area (Å²) in [4.78, 5) is 14.1. The normalized spacial score (nSPS) is 18.9. The molecule has 0 atom stereocenters. The van der Waals surface area contributed by atoms with Gasteiger partial charge >= 0.3 is 0 Å². The van der Waals surface area contributed by atoms with Crippen LogP contribution in [0.2, 0.25) is 0 Å². The standard InChI is InChI=1S/C12H10FNO4/c13-9-10(16)7(12(1-2-12)14-6-15)5-8-11(9)18-4-3-17-8/h5,16H,1-4H2. The van der Waals surface area contributed by atoms with Crippen molar-refractivity contribution in [2.45, 2.75) is 18.4 Å². The van der Waals surface area contributed by atoms with Gasteiger partial charge < -0.3 is 14.6 Å². The molecule has 0 amide bonds. The van der Waals surface area contributed by atoms with Crippen LogP contribution in [0.15, 0.2) is 11.1 Å². The Bertz CT molecular complexity index is 562. The molecule has 1 heterocycles. The predicted octanol–water partition coefficient (Wildman–Crippen LogP) is 1.63. The molecular weight excluding hydrogens is 241 g/mol. The number of aromatic hydroxyl groups is 1. The van der Waals surface area contributed by atoms with E-state index >= 15 is 0 Å². The van der Waals surface area contributed by atoms with Crippen LogP contribution in [0, 0.1) is 5.82 Å². The van der Waals surface area contributed by atoms with Crippen molar-refractivity contribution in [2.24, 2.45) is 4.99 Å². The van der Waals surface area contributed by atoms with Crippen molar-refractivity contribution in [1.82, 2.24) is 0 Å². The molecule has 0 aromatic heterocycles. The molecule has 0 bridgehead atoms. The number of rotatable bonds is 2. The first-order valence-electron chi connectivity index (χ1n) is 5.58. The molecule has 1 aliphatic carbocycles. The molecule has 1 aliphatic heterocycles. The zero-order valence-electron chi connectivity index (χ0n) is 9.40. The zero-order chi connectivity index (χ0) is 12.8. The first kappa shape index (κ1) is 11.0. The zero-order valence-corrected chi connectivity index (χ0v) is 9.40. The maximum Gasteiger partial charge on any atom is 0.235 e. The molecule has 1 aromatic carbocycles. The molecule has 0 radical (unpaired) electrons. The molecule has 0 unspecified atom stereocenters. The fourth-order valence-electron chi connectivity index (χ4n) is 2.14. The van der Waals surface area contributed by atoms with E-state index in [1.807, 2.05) is 0 Å². The number of benzene rings is 1. The first-order valence-corrected chi connectivity index (χ1v) is 5.58. The highest BCUT2D eigenvalue weighted by atomic mass is 19.1. The third-order valence-corrected chi connectivity index (χ3v) is 3.23.